The minimum Gasteiger partial charge on any atom is -0.515 e. The average Bonchev–Trinajstić information content (AvgIpc) is 2.63. The minimum atomic E-state index is -0.638. The van der Waals surface area contributed by atoms with Gasteiger partial charge in [-0.1, -0.05) is 24.8 Å². The molecule has 0 bridgehead atoms. The number of fused-ring (bicyclic) bond motifs is 1. The number of rotatable bonds is 4. The van der Waals surface area contributed by atoms with Gasteiger partial charge in [0.1, 0.15) is 18.0 Å². The zero-order chi connectivity index (χ0) is 17.8. The third kappa shape index (κ3) is 3.10. The summed E-state index contributed by atoms with van der Waals surface area (Å²) >= 11 is 0. The summed E-state index contributed by atoms with van der Waals surface area (Å²) < 4.78 is 14.2. The Balaban J connectivity index is 2.21. The van der Waals surface area contributed by atoms with Gasteiger partial charge in [0, 0.05) is 17.1 Å². The van der Waals surface area contributed by atoms with E-state index in [2.05, 4.69) is 21.5 Å². The fraction of sp³-hybridized carbons (Fsp3) is 0. The number of nitrogens with two attached hydrogens (primary N) is 1. The summed E-state index contributed by atoms with van der Waals surface area (Å²) in [6, 6.07) is 8.97. The topological polar surface area (TPSA) is 84.9 Å². The summed E-state index contributed by atoms with van der Waals surface area (Å²) in [7, 11) is 0. The Morgan fingerprint density at radius 1 is 1.20 bits per heavy atom. The molecule has 124 valence electrons. The van der Waals surface area contributed by atoms with E-state index in [-0.39, 0.29) is 5.57 Å². The van der Waals surface area contributed by atoms with Gasteiger partial charge in [-0.25, -0.2) is 14.4 Å². The molecule has 0 unspecified atom stereocenters. The van der Waals surface area contributed by atoms with Crippen LogP contribution in [0.2, 0.25) is 0 Å². The first-order valence-corrected chi connectivity index (χ1v) is 7.44. The Bertz CT molecular complexity index is 1010. The molecule has 3 N–H and O–H groups in total. The van der Waals surface area contributed by atoms with Crippen LogP contribution in [-0.2, 0) is 0 Å². The van der Waals surface area contributed by atoms with E-state index in [9.17, 15) is 9.50 Å². The van der Waals surface area contributed by atoms with E-state index >= 15 is 0 Å². The maximum Gasteiger partial charge on any atom is 0.135 e. The van der Waals surface area contributed by atoms with Crippen LogP contribution in [0.4, 0.5) is 10.2 Å². The second kappa shape index (κ2) is 6.92. The number of allylic oxidation sites excluding steroid dienone is 4. The summed E-state index contributed by atoms with van der Waals surface area (Å²) in [5, 5.41) is 10.2. The van der Waals surface area contributed by atoms with Gasteiger partial charge in [-0.15, -0.1) is 0 Å². The van der Waals surface area contributed by atoms with E-state index in [1.807, 2.05) is 12.1 Å². The van der Waals surface area contributed by atoms with Crippen LogP contribution < -0.4 is 5.73 Å². The van der Waals surface area contributed by atoms with Crippen molar-refractivity contribution < 1.29 is 9.50 Å². The quantitative estimate of drug-likeness (QED) is 0.551. The van der Waals surface area contributed by atoms with E-state index in [0.29, 0.717) is 34.2 Å². The molecular formula is C19H15FN4O. The van der Waals surface area contributed by atoms with Gasteiger partial charge < -0.3 is 10.8 Å². The van der Waals surface area contributed by atoms with Crippen LogP contribution in [0.5, 0.6) is 0 Å². The van der Waals surface area contributed by atoms with Crippen LogP contribution in [0.1, 0.15) is 5.69 Å². The Labute approximate surface area is 143 Å². The number of aromatic nitrogens is 3. The maximum absolute atomic E-state index is 14.2. The van der Waals surface area contributed by atoms with E-state index in [4.69, 9.17) is 5.73 Å². The number of benzene rings is 1. The molecule has 0 saturated carbocycles. The second-order valence-electron chi connectivity index (χ2n) is 5.18. The predicted molar refractivity (Wildman–Crippen MR) is 97.2 cm³/mol. The largest absolute Gasteiger partial charge is 0.515 e. The van der Waals surface area contributed by atoms with Gasteiger partial charge in [-0.2, -0.15) is 0 Å². The Morgan fingerprint density at radius 2 is 2.04 bits per heavy atom. The van der Waals surface area contributed by atoms with Crippen molar-refractivity contribution in [3.05, 3.63) is 79.4 Å². The SMILES string of the molecule is C=C/C=C(F)\C(=C/O)c1ncccc1-c1ccc2ncnc(N)c2c1. The van der Waals surface area contributed by atoms with Crippen molar-refractivity contribution in [1.82, 2.24) is 15.0 Å². The summed E-state index contributed by atoms with van der Waals surface area (Å²) in [4.78, 5) is 12.4. The molecule has 0 saturated heterocycles. The lowest BCUT2D eigenvalue weighted by Crippen LogP contribution is -1.96. The molecule has 3 aromatic rings. The number of aliphatic hydroxyl groups is 1. The first-order chi connectivity index (χ1) is 12.2. The molecule has 0 aliphatic rings. The van der Waals surface area contributed by atoms with Crippen LogP contribution in [0, 0.1) is 0 Å². The summed E-state index contributed by atoms with van der Waals surface area (Å²) in [5.74, 6) is -0.283. The molecule has 6 heteroatoms. The Morgan fingerprint density at radius 3 is 2.80 bits per heavy atom. The molecule has 0 aliphatic carbocycles. The molecule has 25 heavy (non-hydrogen) atoms. The number of hydrogen-bond acceptors (Lipinski definition) is 5. The number of pyridine rings is 1. The van der Waals surface area contributed by atoms with Gasteiger partial charge in [0.05, 0.1) is 23.0 Å². The molecule has 0 atom stereocenters. The average molecular weight is 334 g/mol. The smallest absolute Gasteiger partial charge is 0.135 e. The van der Waals surface area contributed by atoms with Crippen molar-refractivity contribution in [2.24, 2.45) is 0 Å². The fourth-order valence-electron chi connectivity index (χ4n) is 2.53. The van der Waals surface area contributed by atoms with Crippen molar-refractivity contribution >= 4 is 22.3 Å². The molecule has 1 aromatic carbocycles. The van der Waals surface area contributed by atoms with E-state index in [0.717, 1.165) is 11.6 Å². The minimum absolute atomic E-state index is 0.0344. The standard InChI is InChI=1S/C19H15FN4O/c1-2-4-16(20)15(10-25)18-13(5-3-8-22-18)12-6-7-17-14(9-12)19(21)24-11-23-17/h2-11,25H,1H2,(H2,21,23,24)/b15-10+,16-4+. The summed E-state index contributed by atoms with van der Waals surface area (Å²) in [6.45, 7) is 3.46. The first kappa shape index (κ1) is 16.3. The van der Waals surface area contributed by atoms with Crippen LogP contribution in [0.25, 0.3) is 27.6 Å². The highest BCUT2D eigenvalue weighted by Gasteiger charge is 2.15. The van der Waals surface area contributed by atoms with E-state index in [1.165, 1.54) is 18.6 Å². The van der Waals surface area contributed by atoms with Gasteiger partial charge in [0.2, 0.25) is 0 Å². The molecule has 0 amide bonds. The molecule has 0 fully saturated rings. The highest BCUT2D eigenvalue weighted by molar-refractivity contribution is 5.93. The van der Waals surface area contributed by atoms with E-state index in [1.54, 1.807) is 18.2 Å². The number of anilines is 1. The highest BCUT2D eigenvalue weighted by Crippen LogP contribution is 2.33. The molecule has 5 nitrogen and oxygen atoms in total. The third-order valence-electron chi connectivity index (χ3n) is 3.69. The highest BCUT2D eigenvalue weighted by atomic mass is 19.1. The molecule has 2 heterocycles. The van der Waals surface area contributed by atoms with Crippen molar-refractivity contribution in [3.63, 3.8) is 0 Å². The van der Waals surface area contributed by atoms with Crippen LogP contribution in [-0.4, -0.2) is 20.1 Å². The predicted octanol–water partition coefficient (Wildman–Crippen LogP) is 4.21. The zero-order valence-electron chi connectivity index (χ0n) is 13.2. The Hall–Kier alpha value is -3.54. The van der Waals surface area contributed by atoms with Gasteiger partial charge in [0.25, 0.3) is 0 Å². The number of nitrogens with zero attached hydrogens (tertiary/aromatic N) is 3. The van der Waals surface area contributed by atoms with Crippen molar-refractivity contribution in [1.29, 1.82) is 0 Å². The normalized spacial score (nSPS) is 12.4. The monoisotopic (exact) mass is 334 g/mol. The molecule has 0 radical (unpaired) electrons. The number of nitrogen functional groups attached to an aromatic ring is 1. The van der Waals surface area contributed by atoms with Gasteiger partial charge >= 0.3 is 0 Å². The fourth-order valence-corrected chi connectivity index (χ4v) is 2.53. The van der Waals surface area contributed by atoms with Crippen LogP contribution >= 0.6 is 0 Å². The maximum atomic E-state index is 14.2. The number of aliphatic hydroxyl groups excluding tert-OH is 1. The van der Waals surface area contributed by atoms with Crippen molar-refractivity contribution in [2.45, 2.75) is 0 Å². The second-order valence-corrected chi connectivity index (χ2v) is 5.18. The zero-order valence-corrected chi connectivity index (χ0v) is 13.2. The van der Waals surface area contributed by atoms with Crippen molar-refractivity contribution in [2.75, 3.05) is 5.73 Å². The Kier molecular flexibility index (Phi) is 4.52. The first-order valence-electron chi connectivity index (χ1n) is 7.44. The molecular weight excluding hydrogens is 319 g/mol. The number of halogens is 1. The third-order valence-corrected chi connectivity index (χ3v) is 3.69. The number of hydrogen-bond donors (Lipinski definition) is 2. The lowest BCUT2D eigenvalue weighted by Gasteiger charge is -2.11. The molecule has 0 spiro atoms. The molecule has 3 rings (SSSR count). The molecule has 2 aromatic heterocycles. The van der Waals surface area contributed by atoms with Gasteiger partial charge in [-0.3, -0.25) is 4.98 Å². The van der Waals surface area contributed by atoms with Gasteiger partial charge in [-0.05, 0) is 29.8 Å². The summed E-state index contributed by atoms with van der Waals surface area (Å²) in [5.41, 5.74) is 8.28. The van der Waals surface area contributed by atoms with E-state index < -0.39 is 5.83 Å². The van der Waals surface area contributed by atoms with Crippen LogP contribution in [0.15, 0.2) is 73.7 Å². The summed E-state index contributed by atoms with van der Waals surface area (Å²) in [6.07, 6.45) is 6.08. The lowest BCUT2D eigenvalue weighted by atomic mass is 9.98. The van der Waals surface area contributed by atoms with Gasteiger partial charge in [0.15, 0.2) is 0 Å². The van der Waals surface area contributed by atoms with Crippen LogP contribution in [0.3, 0.4) is 0 Å². The molecule has 0 aliphatic heterocycles. The lowest BCUT2D eigenvalue weighted by molar-refractivity contribution is 0.473. The van der Waals surface area contributed by atoms with Crippen molar-refractivity contribution in [3.8, 4) is 11.1 Å².